The van der Waals surface area contributed by atoms with Crippen molar-refractivity contribution in [2.24, 2.45) is 16.8 Å². The Morgan fingerprint density at radius 3 is 2.63 bits per heavy atom. The molecule has 0 bridgehead atoms. The smallest absolute Gasteiger partial charge is 0.190 e. The second kappa shape index (κ2) is 7.61. The minimum Gasteiger partial charge on any atom is -0.409 e. The summed E-state index contributed by atoms with van der Waals surface area (Å²) in [6, 6.07) is 3.84. The zero-order chi connectivity index (χ0) is 14.3. The summed E-state index contributed by atoms with van der Waals surface area (Å²) >= 11 is 0. The van der Waals surface area contributed by atoms with Crippen molar-refractivity contribution in [2.45, 2.75) is 33.6 Å². The molecule has 0 atom stereocenters. The van der Waals surface area contributed by atoms with E-state index in [1.807, 2.05) is 12.1 Å². The minimum atomic E-state index is 0.0543. The van der Waals surface area contributed by atoms with Gasteiger partial charge in [0.05, 0.1) is 5.69 Å². The van der Waals surface area contributed by atoms with Gasteiger partial charge in [-0.05, 0) is 25.0 Å². The van der Waals surface area contributed by atoms with Crippen molar-refractivity contribution >= 4 is 11.5 Å². The Morgan fingerprint density at radius 2 is 2.11 bits per heavy atom. The molecule has 0 unspecified atom stereocenters. The SMILES string of the molecule is CCC(CC)CN(CC)c1cccnc1/C(N)=N/O. The van der Waals surface area contributed by atoms with Crippen molar-refractivity contribution < 1.29 is 5.21 Å². The van der Waals surface area contributed by atoms with Gasteiger partial charge in [-0.3, -0.25) is 4.98 Å². The maximum absolute atomic E-state index is 8.85. The lowest BCUT2D eigenvalue weighted by molar-refractivity contribution is 0.318. The van der Waals surface area contributed by atoms with Gasteiger partial charge in [-0.25, -0.2) is 0 Å². The number of rotatable bonds is 7. The lowest BCUT2D eigenvalue weighted by Gasteiger charge is -2.28. The van der Waals surface area contributed by atoms with Crippen LogP contribution in [0.3, 0.4) is 0 Å². The van der Waals surface area contributed by atoms with Crippen LogP contribution in [-0.2, 0) is 0 Å². The van der Waals surface area contributed by atoms with Gasteiger partial charge >= 0.3 is 0 Å². The van der Waals surface area contributed by atoms with Crippen molar-refractivity contribution in [2.75, 3.05) is 18.0 Å². The van der Waals surface area contributed by atoms with Crippen molar-refractivity contribution in [3.05, 3.63) is 24.0 Å². The first-order chi connectivity index (χ1) is 9.17. The number of amidine groups is 1. The van der Waals surface area contributed by atoms with Crippen LogP contribution in [0.2, 0.25) is 0 Å². The molecule has 0 aromatic carbocycles. The fourth-order valence-electron chi connectivity index (χ4n) is 2.15. The zero-order valence-corrected chi connectivity index (χ0v) is 12.0. The highest BCUT2D eigenvalue weighted by Gasteiger charge is 2.16. The summed E-state index contributed by atoms with van der Waals surface area (Å²) in [5.41, 5.74) is 7.16. The summed E-state index contributed by atoms with van der Waals surface area (Å²) in [6.45, 7) is 8.34. The molecule has 106 valence electrons. The molecule has 1 aromatic heterocycles. The van der Waals surface area contributed by atoms with Gasteiger partial charge in [0.15, 0.2) is 5.84 Å². The number of nitrogens with zero attached hydrogens (tertiary/aromatic N) is 3. The highest BCUT2D eigenvalue weighted by molar-refractivity contribution is 6.00. The van der Waals surface area contributed by atoms with Crippen molar-refractivity contribution in [1.82, 2.24) is 4.98 Å². The Labute approximate surface area is 115 Å². The number of hydrogen-bond donors (Lipinski definition) is 2. The van der Waals surface area contributed by atoms with Gasteiger partial charge in [0.25, 0.3) is 0 Å². The van der Waals surface area contributed by atoms with Crippen LogP contribution >= 0.6 is 0 Å². The highest BCUT2D eigenvalue weighted by atomic mass is 16.4. The van der Waals surface area contributed by atoms with E-state index in [9.17, 15) is 0 Å². The summed E-state index contributed by atoms with van der Waals surface area (Å²) < 4.78 is 0. The van der Waals surface area contributed by atoms with Gasteiger partial charge in [-0.2, -0.15) is 0 Å². The molecule has 5 heteroatoms. The number of pyridine rings is 1. The minimum absolute atomic E-state index is 0.0543. The quantitative estimate of drug-likeness (QED) is 0.343. The van der Waals surface area contributed by atoms with Gasteiger partial charge in [0, 0.05) is 19.3 Å². The van der Waals surface area contributed by atoms with Crippen LogP contribution < -0.4 is 10.6 Å². The molecule has 0 aliphatic carbocycles. The first kappa shape index (κ1) is 15.3. The van der Waals surface area contributed by atoms with E-state index in [1.54, 1.807) is 6.20 Å². The monoisotopic (exact) mass is 264 g/mol. The maximum Gasteiger partial charge on any atom is 0.190 e. The van der Waals surface area contributed by atoms with Crippen molar-refractivity contribution in [1.29, 1.82) is 0 Å². The predicted molar refractivity (Wildman–Crippen MR) is 78.7 cm³/mol. The number of nitrogens with two attached hydrogens (primary N) is 1. The third-order valence-corrected chi connectivity index (χ3v) is 3.49. The van der Waals surface area contributed by atoms with E-state index < -0.39 is 0 Å². The largest absolute Gasteiger partial charge is 0.409 e. The lowest BCUT2D eigenvalue weighted by Crippen LogP contribution is -2.31. The maximum atomic E-state index is 8.85. The highest BCUT2D eigenvalue weighted by Crippen LogP contribution is 2.21. The normalized spacial score (nSPS) is 11.9. The standard InChI is InChI=1S/C14H24N4O/c1-4-11(5-2)10-18(6-3)12-8-7-9-16-13(12)14(15)17-19/h7-9,11,19H,4-6,10H2,1-3H3,(H2,15,17). The summed E-state index contributed by atoms with van der Waals surface area (Å²) in [7, 11) is 0. The Balaban J connectivity index is 3.04. The topological polar surface area (TPSA) is 74.7 Å². The second-order valence-electron chi connectivity index (χ2n) is 4.58. The van der Waals surface area contributed by atoms with Crippen LogP contribution in [0.1, 0.15) is 39.3 Å². The molecule has 0 saturated heterocycles. The van der Waals surface area contributed by atoms with Crippen LogP contribution in [0.4, 0.5) is 5.69 Å². The van der Waals surface area contributed by atoms with Gasteiger partial charge in [0.2, 0.25) is 0 Å². The van der Waals surface area contributed by atoms with Gasteiger partial charge < -0.3 is 15.8 Å². The Morgan fingerprint density at radius 1 is 1.42 bits per heavy atom. The molecule has 0 amide bonds. The van der Waals surface area contributed by atoms with Crippen LogP contribution in [0.15, 0.2) is 23.5 Å². The van der Waals surface area contributed by atoms with Crippen LogP contribution in [0, 0.1) is 5.92 Å². The molecule has 1 heterocycles. The van der Waals surface area contributed by atoms with E-state index in [0.29, 0.717) is 11.6 Å². The molecule has 0 aliphatic rings. The van der Waals surface area contributed by atoms with Crippen molar-refractivity contribution in [3.8, 4) is 0 Å². The third kappa shape index (κ3) is 3.84. The van der Waals surface area contributed by atoms with E-state index in [2.05, 4.69) is 35.8 Å². The van der Waals surface area contributed by atoms with Gasteiger partial charge in [-0.15, -0.1) is 0 Å². The molecular formula is C14H24N4O. The molecule has 0 radical (unpaired) electrons. The summed E-state index contributed by atoms with van der Waals surface area (Å²) in [6.07, 6.45) is 3.94. The Kier molecular flexibility index (Phi) is 6.12. The second-order valence-corrected chi connectivity index (χ2v) is 4.58. The van der Waals surface area contributed by atoms with Gasteiger partial charge in [-0.1, -0.05) is 31.8 Å². The average molecular weight is 264 g/mol. The number of anilines is 1. The molecule has 1 aromatic rings. The predicted octanol–water partition coefficient (Wildman–Crippen LogP) is 2.44. The number of aromatic nitrogens is 1. The van der Waals surface area contributed by atoms with Crippen molar-refractivity contribution in [3.63, 3.8) is 0 Å². The van der Waals surface area contributed by atoms with E-state index in [0.717, 1.165) is 31.6 Å². The van der Waals surface area contributed by atoms with Crippen LogP contribution in [-0.4, -0.2) is 29.1 Å². The molecule has 0 aliphatic heterocycles. The molecule has 0 spiro atoms. The fourth-order valence-corrected chi connectivity index (χ4v) is 2.15. The Hall–Kier alpha value is -1.78. The van der Waals surface area contributed by atoms with E-state index in [-0.39, 0.29) is 5.84 Å². The molecule has 1 rings (SSSR count). The van der Waals surface area contributed by atoms with E-state index in [4.69, 9.17) is 10.9 Å². The summed E-state index contributed by atoms with van der Waals surface area (Å²) in [5, 5.41) is 11.9. The number of hydrogen-bond acceptors (Lipinski definition) is 4. The molecular weight excluding hydrogens is 240 g/mol. The van der Waals surface area contributed by atoms with E-state index >= 15 is 0 Å². The summed E-state index contributed by atoms with van der Waals surface area (Å²) in [4.78, 5) is 6.45. The summed E-state index contributed by atoms with van der Waals surface area (Å²) in [5.74, 6) is 0.693. The Bertz CT molecular complexity index is 416. The molecule has 0 fully saturated rings. The zero-order valence-electron chi connectivity index (χ0n) is 12.0. The molecule has 3 N–H and O–H groups in total. The fraction of sp³-hybridized carbons (Fsp3) is 0.571. The molecule has 19 heavy (non-hydrogen) atoms. The van der Waals surface area contributed by atoms with Gasteiger partial charge in [0.1, 0.15) is 5.69 Å². The third-order valence-electron chi connectivity index (χ3n) is 3.49. The lowest BCUT2D eigenvalue weighted by atomic mass is 10.0. The number of oxime groups is 1. The average Bonchev–Trinajstić information content (AvgIpc) is 2.48. The van der Waals surface area contributed by atoms with E-state index in [1.165, 1.54) is 0 Å². The molecule has 5 nitrogen and oxygen atoms in total. The molecule has 0 saturated carbocycles. The van der Waals surface area contributed by atoms with Crippen LogP contribution in [0.5, 0.6) is 0 Å². The first-order valence-electron chi connectivity index (χ1n) is 6.85. The van der Waals surface area contributed by atoms with Crippen LogP contribution in [0.25, 0.3) is 0 Å². The first-order valence-corrected chi connectivity index (χ1v) is 6.85.